The number of aromatic amines is 1. The van der Waals surface area contributed by atoms with E-state index in [-0.39, 0.29) is 5.56 Å². The van der Waals surface area contributed by atoms with Crippen LogP contribution in [0.2, 0.25) is 0 Å². The molecule has 0 aliphatic heterocycles. The molecule has 0 radical (unpaired) electrons. The second-order valence-corrected chi connectivity index (χ2v) is 2.72. The molecule has 2 rings (SSSR count). The predicted octanol–water partition coefficient (Wildman–Crippen LogP) is 0.353. The lowest BCUT2D eigenvalue weighted by molar-refractivity contribution is -0.644. The lowest BCUT2D eigenvalue weighted by Crippen LogP contribution is -2.29. The zero-order valence-electron chi connectivity index (χ0n) is 6.74. The molecule has 1 N–H and O–H groups in total. The molecule has 3 heteroatoms. The summed E-state index contributed by atoms with van der Waals surface area (Å²) in [5.74, 6) is 0. The van der Waals surface area contributed by atoms with Crippen molar-refractivity contribution in [3.8, 4) is 0 Å². The Labute approximate surface area is 69.3 Å². The molecule has 0 aliphatic carbocycles. The second-order valence-electron chi connectivity index (χ2n) is 2.72. The number of aromatic nitrogens is 2. The Hall–Kier alpha value is -1.64. The summed E-state index contributed by atoms with van der Waals surface area (Å²) in [4.78, 5) is 13.9. The summed E-state index contributed by atoms with van der Waals surface area (Å²) in [6.07, 6.45) is 3.58. The Bertz CT molecular complexity index is 473. The first kappa shape index (κ1) is 7.03. The number of nitrogens with zero attached hydrogens (tertiary/aromatic N) is 1. The summed E-state index contributed by atoms with van der Waals surface area (Å²) in [6.45, 7) is 0. The lowest BCUT2D eigenvalue weighted by atomic mass is 10.2. The molecule has 3 nitrogen and oxygen atoms in total. The lowest BCUT2D eigenvalue weighted by Gasteiger charge is -1.92. The van der Waals surface area contributed by atoms with Gasteiger partial charge in [0.05, 0.1) is 0 Å². The zero-order chi connectivity index (χ0) is 8.55. The molecule has 2 aromatic rings. The van der Waals surface area contributed by atoms with E-state index in [9.17, 15) is 4.79 Å². The normalized spacial score (nSPS) is 10.4. The van der Waals surface area contributed by atoms with Gasteiger partial charge in [0.15, 0.2) is 6.20 Å². The summed E-state index contributed by atoms with van der Waals surface area (Å²) in [5, 5.41) is 0.725. The number of aryl methyl sites for hydroxylation is 1. The summed E-state index contributed by atoms with van der Waals surface area (Å²) >= 11 is 0. The minimum Gasteiger partial charge on any atom is -0.328 e. The van der Waals surface area contributed by atoms with Gasteiger partial charge in [0.1, 0.15) is 12.4 Å². The molecule has 60 valence electrons. The Balaban J connectivity index is 3.05. The Morgan fingerprint density at radius 2 is 2.25 bits per heavy atom. The summed E-state index contributed by atoms with van der Waals surface area (Å²) < 4.78 is 1.92. The zero-order valence-corrected chi connectivity index (χ0v) is 6.74. The maximum Gasteiger partial charge on any atom is 0.261 e. The molecule has 0 spiro atoms. The van der Waals surface area contributed by atoms with Gasteiger partial charge in [0, 0.05) is 18.3 Å². The van der Waals surface area contributed by atoms with Gasteiger partial charge in [0.2, 0.25) is 5.52 Å². The van der Waals surface area contributed by atoms with Crippen molar-refractivity contribution in [3.63, 3.8) is 0 Å². The van der Waals surface area contributed by atoms with Gasteiger partial charge in [-0.05, 0) is 6.07 Å². The fourth-order valence-electron chi connectivity index (χ4n) is 1.30. The molecular formula is C9H9N2O+. The fraction of sp³-hybridized carbons (Fsp3) is 0.111. The van der Waals surface area contributed by atoms with E-state index in [0.717, 1.165) is 10.9 Å². The van der Waals surface area contributed by atoms with Crippen LogP contribution in [-0.4, -0.2) is 4.98 Å². The number of rotatable bonds is 0. The van der Waals surface area contributed by atoms with Crippen LogP contribution in [0, 0.1) is 0 Å². The van der Waals surface area contributed by atoms with Crippen molar-refractivity contribution in [1.29, 1.82) is 0 Å². The van der Waals surface area contributed by atoms with Crippen LogP contribution in [0.15, 0.2) is 35.4 Å². The predicted molar refractivity (Wildman–Crippen MR) is 45.7 cm³/mol. The Morgan fingerprint density at radius 3 is 3.00 bits per heavy atom. The second kappa shape index (κ2) is 2.44. The van der Waals surface area contributed by atoms with Gasteiger partial charge in [-0.25, -0.2) is 4.57 Å². The molecule has 0 atom stereocenters. The number of nitrogens with one attached hydrogen (secondary N) is 1. The minimum absolute atomic E-state index is 0.0382. The van der Waals surface area contributed by atoms with Gasteiger partial charge in [-0.3, -0.25) is 4.79 Å². The first-order valence-corrected chi connectivity index (χ1v) is 3.75. The third-order valence-corrected chi connectivity index (χ3v) is 1.93. The van der Waals surface area contributed by atoms with Crippen LogP contribution in [0.5, 0.6) is 0 Å². The molecule has 0 saturated heterocycles. The van der Waals surface area contributed by atoms with Crippen LogP contribution in [0.3, 0.4) is 0 Å². The number of fused-ring (bicyclic) bond motifs is 1. The van der Waals surface area contributed by atoms with E-state index in [1.807, 2.05) is 36.0 Å². The van der Waals surface area contributed by atoms with Crippen molar-refractivity contribution < 1.29 is 4.57 Å². The maximum atomic E-state index is 11.3. The number of hydrogen-bond acceptors (Lipinski definition) is 1. The molecule has 0 aromatic carbocycles. The molecular weight excluding hydrogens is 152 g/mol. The molecule has 2 aromatic heterocycles. The van der Waals surface area contributed by atoms with Gasteiger partial charge >= 0.3 is 0 Å². The third-order valence-electron chi connectivity index (χ3n) is 1.93. The van der Waals surface area contributed by atoms with E-state index in [0.29, 0.717) is 0 Å². The van der Waals surface area contributed by atoms with Crippen LogP contribution in [0.1, 0.15) is 0 Å². The van der Waals surface area contributed by atoms with Gasteiger partial charge in [-0.2, -0.15) is 0 Å². The van der Waals surface area contributed by atoms with Crippen molar-refractivity contribution in [2.24, 2.45) is 7.05 Å². The van der Waals surface area contributed by atoms with Crippen molar-refractivity contribution in [2.45, 2.75) is 0 Å². The SMILES string of the molecule is C[n+]1cccc2c(=O)[nH]ccc21. The molecule has 0 fully saturated rings. The van der Waals surface area contributed by atoms with Gasteiger partial charge in [-0.1, -0.05) is 0 Å². The minimum atomic E-state index is -0.0382. The third kappa shape index (κ3) is 0.906. The van der Waals surface area contributed by atoms with Crippen molar-refractivity contribution >= 4 is 10.9 Å². The Morgan fingerprint density at radius 1 is 1.42 bits per heavy atom. The highest BCUT2D eigenvalue weighted by Crippen LogP contribution is 1.99. The van der Waals surface area contributed by atoms with Crippen LogP contribution >= 0.6 is 0 Å². The molecule has 0 aliphatic rings. The molecule has 0 bridgehead atoms. The molecule has 12 heavy (non-hydrogen) atoms. The number of H-pyrrole nitrogens is 1. The van der Waals surface area contributed by atoms with Crippen LogP contribution in [0.25, 0.3) is 10.9 Å². The van der Waals surface area contributed by atoms with E-state index < -0.39 is 0 Å². The highest BCUT2D eigenvalue weighted by Gasteiger charge is 2.04. The van der Waals surface area contributed by atoms with Gasteiger partial charge in [-0.15, -0.1) is 0 Å². The monoisotopic (exact) mass is 161 g/mol. The first-order chi connectivity index (χ1) is 5.79. The molecule has 0 amide bonds. The quantitative estimate of drug-likeness (QED) is 0.556. The molecule has 2 heterocycles. The van der Waals surface area contributed by atoms with Gasteiger partial charge < -0.3 is 4.98 Å². The summed E-state index contributed by atoms with van der Waals surface area (Å²) in [6, 6.07) is 5.56. The van der Waals surface area contributed by atoms with Crippen molar-refractivity contribution in [1.82, 2.24) is 4.98 Å². The number of pyridine rings is 2. The molecule has 0 saturated carbocycles. The van der Waals surface area contributed by atoms with Crippen molar-refractivity contribution in [2.75, 3.05) is 0 Å². The van der Waals surface area contributed by atoms with E-state index in [4.69, 9.17) is 0 Å². The average molecular weight is 161 g/mol. The summed E-state index contributed by atoms with van der Waals surface area (Å²) in [5.41, 5.74) is 0.907. The standard InChI is InChI=1S/C9H8N2O/c1-11-6-2-3-7-8(11)4-5-10-9(7)12/h2-6H,1H3/p+1. The first-order valence-electron chi connectivity index (χ1n) is 3.75. The largest absolute Gasteiger partial charge is 0.328 e. The van der Waals surface area contributed by atoms with Crippen LogP contribution in [-0.2, 0) is 7.05 Å². The van der Waals surface area contributed by atoms with Crippen LogP contribution in [0.4, 0.5) is 0 Å². The average Bonchev–Trinajstić information content (AvgIpc) is 2.07. The van der Waals surface area contributed by atoms with E-state index in [2.05, 4.69) is 4.98 Å². The van der Waals surface area contributed by atoms with E-state index in [1.165, 1.54) is 0 Å². The van der Waals surface area contributed by atoms with Crippen LogP contribution < -0.4 is 10.1 Å². The number of hydrogen-bond donors (Lipinski definition) is 1. The highest BCUT2D eigenvalue weighted by atomic mass is 16.1. The fourth-order valence-corrected chi connectivity index (χ4v) is 1.30. The maximum absolute atomic E-state index is 11.3. The van der Waals surface area contributed by atoms with Crippen molar-refractivity contribution in [3.05, 3.63) is 40.9 Å². The van der Waals surface area contributed by atoms with E-state index in [1.54, 1.807) is 6.20 Å². The van der Waals surface area contributed by atoms with E-state index >= 15 is 0 Å². The molecule has 0 unspecified atom stereocenters. The smallest absolute Gasteiger partial charge is 0.261 e. The van der Waals surface area contributed by atoms with Gasteiger partial charge in [0.25, 0.3) is 5.56 Å². The topological polar surface area (TPSA) is 36.7 Å². The Kier molecular flexibility index (Phi) is 1.43. The highest BCUT2D eigenvalue weighted by molar-refractivity contribution is 5.73. The summed E-state index contributed by atoms with van der Waals surface area (Å²) in [7, 11) is 1.92.